The summed E-state index contributed by atoms with van der Waals surface area (Å²) < 4.78 is 1.82. The van der Waals surface area contributed by atoms with Gasteiger partial charge in [-0.15, -0.1) is 11.3 Å². The minimum absolute atomic E-state index is 0.744. The molecule has 0 aliphatic heterocycles. The van der Waals surface area contributed by atoms with Gasteiger partial charge in [-0.25, -0.2) is 9.67 Å². The van der Waals surface area contributed by atoms with Crippen molar-refractivity contribution in [3.8, 4) is 0 Å². The summed E-state index contributed by atoms with van der Waals surface area (Å²) in [6.45, 7) is 3.76. The van der Waals surface area contributed by atoms with Crippen molar-refractivity contribution in [2.75, 3.05) is 5.32 Å². The third-order valence-corrected chi connectivity index (χ3v) is 4.18. The van der Waals surface area contributed by atoms with Gasteiger partial charge in [-0.1, -0.05) is 12.1 Å². The van der Waals surface area contributed by atoms with Gasteiger partial charge in [0.05, 0.1) is 6.54 Å². The minimum Gasteiger partial charge on any atom is -0.380 e. The first kappa shape index (κ1) is 12.9. The van der Waals surface area contributed by atoms with Gasteiger partial charge in [0, 0.05) is 17.1 Å². The van der Waals surface area contributed by atoms with Gasteiger partial charge in [-0.3, -0.25) is 0 Å². The Labute approximate surface area is 122 Å². The molecule has 0 saturated heterocycles. The van der Waals surface area contributed by atoms with Gasteiger partial charge in [0.25, 0.3) is 0 Å². The molecule has 0 fully saturated rings. The molecule has 0 atom stereocenters. The lowest BCUT2D eigenvalue weighted by Crippen LogP contribution is -2.02. The summed E-state index contributed by atoms with van der Waals surface area (Å²) in [5.74, 6) is 0. The number of hydrogen-bond donors (Lipinski definition) is 1. The highest BCUT2D eigenvalue weighted by atomic mass is 32.1. The standard InChI is InChI=1S/C15H16N4S/c1-12-5-6-20-15(12)8-17-14-4-2-3-13(7-14)9-19-11-16-10-18-19/h2-7,10-11,17H,8-9H2,1H3. The van der Waals surface area contributed by atoms with E-state index in [1.54, 1.807) is 24.0 Å². The van der Waals surface area contributed by atoms with Crippen LogP contribution in [0.3, 0.4) is 0 Å². The molecule has 0 radical (unpaired) electrons. The first-order chi connectivity index (χ1) is 9.81. The predicted octanol–water partition coefficient (Wildman–Crippen LogP) is 3.31. The SMILES string of the molecule is Cc1ccsc1CNc1cccc(Cn2cncn2)c1. The average molecular weight is 284 g/mol. The monoisotopic (exact) mass is 284 g/mol. The van der Waals surface area contributed by atoms with Gasteiger partial charge >= 0.3 is 0 Å². The number of aromatic nitrogens is 3. The van der Waals surface area contributed by atoms with E-state index in [0.29, 0.717) is 0 Å². The van der Waals surface area contributed by atoms with E-state index in [4.69, 9.17) is 0 Å². The smallest absolute Gasteiger partial charge is 0.137 e. The zero-order valence-corrected chi connectivity index (χ0v) is 12.1. The summed E-state index contributed by atoms with van der Waals surface area (Å²) in [5, 5.41) is 9.73. The van der Waals surface area contributed by atoms with Gasteiger partial charge < -0.3 is 5.32 Å². The molecular weight excluding hydrogens is 268 g/mol. The fourth-order valence-electron chi connectivity index (χ4n) is 2.05. The normalized spacial score (nSPS) is 10.7. The van der Waals surface area contributed by atoms with Crippen molar-refractivity contribution in [3.05, 3.63) is 64.4 Å². The van der Waals surface area contributed by atoms with Crippen LogP contribution in [0.15, 0.2) is 48.4 Å². The lowest BCUT2D eigenvalue weighted by molar-refractivity contribution is 0.685. The molecule has 0 aliphatic rings. The number of hydrogen-bond acceptors (Lipinski definition) is 4. The number of nitrogens with one attached hydrogen (secondary N) is 1. The summed E-state index contributed by atoms with van der Waals surface area (Å²) in [6.07, 6.45) is 3.29. The molecule has 0 aliphatic carbocycles. The highest BCUT2D eigenvalue weighted by Gasteiger charge is 2.01. The summed E-state index contributed by atoms with van der Waals surface area (Å²) in [7, 11) is 0. The highest BCUT2D eigenvalue weighted by Crippen LogP contribution is 2.18. The molecule has 2 heterocycles. The maximum absolute atomic E-state index is 4.13. The van der Waals surface area contributed by atoms with E-state index in [1.807, 2.05) is 4.68 Å². The van der Waals surface area contributed by atoms with Crippen LogP contribution >= 0.6 is 11.3 Å². The van der Waals surface area contributed by atoms with E-state index < -0.39 is 0 Å². The molecule has 20 heavy (non-hydrogen) atoms. The van der Waals surface area contributed by atoms with Gasteiger partial charge in [-0.2, -0.15) is 5.10 Å². The second-order valence-electron chi connectivity index (χ2n) is 4.67. The van der Waals surface area contributed by atoms with Crippen molar-refractivity contribution in [1.82, 2.24) is 14.8 Å². The number of rotatable bonds is 5. The van der Waals surface area contributed by atoms with Crippen molar-refractivity contribution in [2.45, 2.75) is 20.0 Å². The molecular formula is C15H16N4S. The lowest BCUT2D eigenvalue weighted by Gasteiger charge is -2.08. The van der Waals surface area contributed by atoms with Crippen LogP contribution in [0.5, 0.6) is 0 Å². The van der Waals surface area contributed by atoms with E-state index in [2.05, 4.69) is 58.0 Å². The lowest BCUT2D eigenvalue weighted by atomic mass is 10.2. The fraction of sp³-hybridized carbons (Fsp3) is 0.200. The molecule has 5 heteroatoms. The van der Waals surface area contributed by atoms with Gasteiger partial charge in [0.15, 0.2) is 0 Å². The quantitative estimate of drug-likeness (QED) is 0.781. The van der Waals surface area contributed by atoms with Gasteiger partial charge in [0.1, 0.15) is 12.7 Å². The average Bonchev–Trinajstić information content (AvgIpc) is 3.09. The molecule has 0 unspecified atom stereocenters. The molecule has 4 nitrogen and oxygen atoms in total. The van der Waals surface area contributed by atoms with Gasteiger partial charge in [0.2, 0.25) is 0 Å². The zero-order valence-electron chi connectivity index (χ0n) is 11.3. The van der Waals surface area contributed by atoms with Crippen LogP contribution in [-0.4, -0.2) is 14.8 Å². The summed E-state index contributed by atoms with van der Waals surface area (Å²) in [6, 6.07) is 10.6. The molecule has 2 aromatic heterocycles. The van der Waals surface area contributed by atoms with Crippen LogP contribution in [-0.2, 0) is 13.1 Å². The van der Waals surface area contributed by atoms with E-state index >= 15 is 0 Å². The zero-order chi connectivity index (χ0) is 13.8. The molecule has 1 aromatic carbocycles. The van der Waals surface area contributed by atoms with Crippen LogP contribution in [0.4, 0.5) is 5.69 Å². The third kappa shape index (κ3) is 3.05. The Bertz CT molecular complexity index is 673. The summed E-state index contributed by atoms with van der Waals surface area (Å²) in [5.41, 5.74) is 3.69. The Morgan fingerprint density at radius 3 is 3.00 bits per heavy atom. The Morgan fingerprint density at radius 1 is 1.30 bits per heavy atom. The Balaban J connectivity index is 1.67. The number of benzene rings is 1. The molecule has 0 amide bonds. The van der Waals surface area contributed by atoms with Crippen molar-refractivity contribution >= 4 is 17.0 Å². The Kier molecular flexibility index (Phi) is 3.78. The molecule has 0 saturated carbocycles. The first-order valence-electron chi connectivity index (χ1n) is 6.49. The van der Waals surface area contributed by atoms with E-state index in [9.17, 15) is 0 Å². The van der Waals surface area contributed by atoms with Crippen molar-refractivity contribution in [1.29, 1.82) is 0 Å². The topological polar surface area (TPSA) is 42.7 Å². The van der Waals surface area contributed by atoms with Crippen molar-refractivity contribution in [3.63, 3.8) is 0 Å². The highest BCUT2D eigenvalue weighted by molar-refractivity contribution is 7.10. The maximum atomic E-state index is 4.13. The van der Waals surface area contributed by atoms with Crippen LogP contribution in [0.1, 0.15) is 16.0 Å². The maximum Gasteiger partial charge on any atom is 0.137 e. The number of thiophene rings is 1. The van der Waals surface area contributed by atoms with Gasteiger partial charge in [-0.05, 0) is 41.6 Å². The number of nitrogens with zero attached hydrogens (tertiary/aromatic N) is 3. The Hall–Kier alpha value is -2.14. The third-order valence-electron chi connectivity index (χ3n) is 3.16. The number of aryl methyl sites for hydroxylation is 1. The van der Waals surface area contributed by atoms with Crippen LogP contribution < -0.4 is 5.32 Å². The summed E-state index contributed by atoms with van der Waals surface area (Å²) >= 11 is 1.79. The van der Waals surface area contributed by atoms with E-state index in [-0.39, 0.29) is 0 Å². The predicted molar refractivity (Wildman–Crippen MR) is 81.9 cm³/mol. The Morgan fingerprint density at radius 2 is 2.25 bits per heavy atom. The molecule has 3 aromatic rings. The molecule has 1 N–H and O–H groups in total. The second-order valence-corrected chi connectivity index (χ2v) is 5.67. The molecule has 3 rings (SSSR count). The first-order valence-corrected chi connectivity index (χ1v) is 7.37. The van der Waals surface area contributed by atoms with Crippen LogP contribution in [0, 0.1) is 6.92 Å². The minimum atomic E-state index is 0.744. The number of anilines is 1. The summed E-state index contributed by atoms with van der Waals surface area (Å²) in [4.78, 5) is 5.34. The second kappa shape index (κ2) is 5.88. The van der Waals surface area contributed by atoms with Crippen LogP contribution in [0.25, 0.3) is 0 Å². The fourth-order valence-corrected chi connectivity index (χ4v) is 2.89. The molecule has 0 bridgehead atoms. The van der Waals surface area contributed by atoms with E-state index in [0.717, 1.165) is 18.8 Å². The van der Waals surface area contributed by atoms with Crippen molar-refractivity contribution in [2.24, 2.45) is 0 Å². The largest absolute Gasteiger partial charge is 0.380 e. The van der Waals surface area contributed by atoms with Crippen LogP contribution in [0.2, 0.25) is 0 Å². The van der Waals surface area contributed by atoms with Crippen molar-refractivity contribution < 1.29 is 0 Å². The van der Waals surface area contributed by atoms with E-state index in [1.165, 1.54) is 16.0 Å². The molecule has 102 valence electrons. The molecule has 0 spiro atoms.